The zero-order chi connectivity index (χ0) is 12.4. The molecule has 0 nitrogen and oxygen atoms in total. The maximum absolute atomic E-state index is 3.59. The SMILES string of the molecule is Cc1ccc(-c2cc(Br)cc(C(C)C)c2)cc1. The second-order valence-electron chi connectivity index (χ2n) is 4.79. The Morgan fingerprint density at radius 1 is 0.882 bits per heavy atom. The van der Waals surface area contributed by atoms with Crippen LogP contribution in [-0.2, 0) is 0 Å². The molecular formula is C16H17Br. The van der Waals surface area contributed by atoms with E-state index in [-0.39, 0.29) is 0 Å². The van der Waals surface area contributed by atoms with Crippen LogP contribution in [0.15, 0.2) is 46.9 Å². The highest BCUT2D eigenvalue weighted by molar-refractivity contribution is 9.10. The molecule has 88 valence electrons. The molecule has 0 heterocycles. The Balaban J connectivity index is 2.48. The molecule has 0 aromatic heterocycles. The first kappa shape index (κ1) is 12.4. The molecule has 0 spiro atoms. The zero-order valence-electron chi connectivity index (χ0n) is 10.5. The molecule has 0 atom stereocenters. The molecule has 0 saturated carbocycles. The summed E-state index contributed by atoms with van der Waals surface area (Å²) >= 11 is 3.59. The smallest absolute Gasteiger partial charge is 0.0184 e. The molecule has 0 unspecified atom stereocenters. The van der Waals surface area contributed by atoms with Gasteiger partial charge in [-0.25, -0.2) is 0 Å². The lowest BCUT2D eigenvalue weighted by Crippen LogP contribution is -1.89. The molecule has 0 radical (unpaired) electrons. The van der Waals surface area contributed by atoms with Gasteiger partial charge in [-0.2, -0.15) is 0 Å². The van der Waals surface area contributed by atoms with E-state index in [1.54, 1.807) is 0 Å². The Hall–Kier alpha value is -1.08. The van der Waals surface area contributed by atoms with Gasteiger partial charge in [-0.3, -0.25) is 0 Å². The fraction of sp³-hybridized carbons (Fsp3) is 0.250. The molecule has 0 aliphatic carbocycles. The van der Waals surface area contributed by atoms with Gasteiger partial charge in [-0.05, 0) is 41.7 Å². The van der Waals surface area contributed by atoms with Gasteiger partial charge in [-0.15, -0.1) is 0 Å². The number of aryl methyl sites for hydroxylation is 1. The highest BCUT2D eigenvalue weighted by Gasteiger charge is 2.04. The quantitative estimate of drug-likeness (QED) is 0.680. The lowest BCUT2D eigenvalue weighted by Gasteiger charge is -2.10. The lowest BCUT2D eigenvalue weighted by atomic mass is 9.97. The first-order valence-corrected chi connectivity index (χ1v) is 6.73. The fourth-order valence-corrected chi connectivity index (χ4v) is 2.37. The third-order valence-electron chi connectivity index (χ3n) is 2.97. The molecule has 0 fully saturated rings. The molecule has 17 heavy (non-hydrogen) atoms. The largest absolute Gasteiger partial charge is 0.0587 e. The molecule has 0 amide bonds. The summed E-state index contributed by atoms with van der Waals surface area (Å²) in [5, 5.41) is 0. The van der Waals surface area contributed by atoms with E-state index in [2.05, 4.69) is 79.2 Å². The number of benzene rings is 2. The first-order chi connectivity index (χ1) is 8.06. The molecular weight excluding hydrogens is 272 g/mol. The van der Waals surface area contributed by atoms with Crippen LogP contribution in [0.4, 0.5) is 0 Å². The van der Waals surface area contributed by atoms with Crippen LogP contribution in [0, 0.1) is 6.92 Å². The number of hydrogen-bond donors (Lipinski definition) is 0. The summed E-state index contributed by atoms with van der Waals surface area (Å²) in [5.74, 6) is 0.552. The number of hydrogen-bond acceptors (Lipinski definition) is 0. The van der Waals surface area contributed by atoms with Gasteiger partial charge in [0.25, 0.3) is 0 Å². The van der Waals surface area contributed by atoms with E-state index in [0.717, 1.165) is 4.47 Å². The maximum Gasteiger partial charge on any atom is 0.0184 e. The number of halogens is 1. The predicted octanol–water partition coefficient (Wildman–Crippen LogP) is 5.55. The highest BCUT2D eigenvalue weighted by Crippen LogP contribution is 2.28. The van der Waals surface area contributed by atoms with E-state index in [0.29, 0.717) is 5.92 Å². The Kier molecular flexibility index (Phi) is 3.68. The predicted molar refractivity (Wildman–Crippen MR) is 78.4 cm³/mol. The summed E-state index contributed by atoms with van der Waals surface area (Å²) in [6.45, 7) is 6.56. The van der Waals surface area contributed by atoms with Gasteiger partial charge in [0, 0.05) is 4.47 Å². The van der Waals surface area contributed by atoms with Crippen LogP contribution in [0.25, 0.3) is 11.1 Å². The van der Waals surface area contributed by atoms with E-state index >= 15 is 0 Å². The van der Waals surface area contributed by atoms with Crippen LogP contribution >= 0.6 is 15.9 Å². The van der Waals surface area contributed by atoms with Crippen molar-refractivity contribution in [2.45, 2.75) is 26.7 Å². The van der Waals surface area contributed by atoms with Crippen molar-refractivity contribution >= 4 is 15.9 Å². The van der Waals surface area contributed by atoms with Crippen molar-refractivity contribution in [1.82, 2.24) is 0 Å². The van der Waals surface area contributed by atoms with E-state index < -0.39 is 0 Å². The Labute approximate surface area is 112 Å². The lowest BCUT2D eigenvalue weighted by molar-refractivity contribution is 0.866. The molecule has 0 aliphatic rings. The van der Waals surface area contributed by atoms with Crippen molar-refractivity contribution in [1.29, 1.82) is 0 Å². The Morgan fingerprint density at radius 3 is 2.12 bits per heavy atom. The van der Waals surface area contributed by atoms with Crippen LogP contribution in [0.5, 0.6) is 0 Å². The van der Waals surface area contributed by atoms with Gasteiger partial charge in [0.05, 0.1) is 0 Å². The second-order valence-corrected chi connectivity index (χ2v) is 5.71. The van der Waals surface area contributed by atoms with Crippen LogP contribution in [0.1, 0.15) is 30.9 Å². The topological polar surface area (TPSA) is 0 Å². The summed E-state index contributed by atoms with van der Waals surface area (Å²) in [7, 11) is 0. The van der Waals surface area contributed by atoms with Gasteiger partial charge in [-0.1, -0.05) is 65.7 Å². The van der Waals surface area contributed by atoms with Crippen molar-refractivity contribution in [3.05, 3.63) is 58.1 Å². The van der Waals surface area contributed by atoms with Crippen LogP contribution in [0.3, 0.4) is 0 Å². The zero-order valence-corrected chi connectivity index (χ0v) is 12.1. The number of rotatable bonds is 2. The monoisotopic (exact) mass is 288 g/mol. The molecule has 2 aromatic carbocycles. The van der Waals surface area contributed by atoms with Crippen molar-refractivity contribution in [3.8, 4) is 11.1 Å². The molecule has 2 rings (SSSR count). The van der Waals surface area contributed by atoms with E-state index in [4.69, 9.17) is 0 Å². The third kappa shape index (κ3) is 2.98. The minimum atomic E-state index is 0.552. The highest BCUT2D eigenvalue weighted by atomic mass is 79.9. The molecule has 0 N–H and O–H groups in total. The van der Waals surface area contributed by atoms with Crippen LogP contribution in [-0.4, -0.2) is 0 Å². The van der Waals surface area contributed by atoms with E-state index in [1.165, 1.54) is 22.3 Å². The minimum absolute atomic E-state index is 0.552. The standard InChI is InChI=1S/C16H17Br/c1-11(2)14-8-15(10-16(17)9-14)13-6-4-12(3)5-7-13/h4-11H,1-3H3. The van der Waals surface area contributed by atoms with Gasteiger partial charge in [0.2, 0.25) is 0 Å². The van der Waals surface area contributed by atoms with Gasteiger partial charge < -0.3 is 0 Å². The van der Waals surface area contributed by atoms with Gasteiger partial charge in [0.15, 0.2) is 0 Å². The molecule has 0 aliphatic heterocycles. The van der Waals surface area contributed by atoms with Crippen LogP contribution < -0.4 is 0 Å². The molecule has 0 saturated heterocycles. The summed E-state index contributed by atoms with van der Waals surface area (Å²) in [4.78, 5) is 0. The third-order valence-corrected chi connectivity index (χ3v) is 3.43. The summed E-state index contributed by atoms with van der Waals surface area (Å²) < 4.78 is 1.15. The molecule has 2 aromatic rings. The van der Waals surface area contributed by atoms with Crippen molar-refractivity contribution in [3.63, 3.8) is 0 Å². The minimum Gasteiger partial charge on any atom is -0.0587 e. The average Bonchev–Trinajstić information content (AvgIpc) is 2.29. The Morgan fingerprint density at radius 2 is 1.53 bits per heavy atom. The summed E-state index contributed by atoms with van der Waals surface area (Å²) in [5.41, 5.74) is 5.23. The van der Waals surface area contributed by atoms with E-state index in [9.17, 15) is 0 Å². The first-order valence-electron chi connectivity index (χ1n) is 5.94. The molecule has 0 bridgehead atoms. The van der Waals surface area contributed by atoms with E-state index in [1.807, 2.05) is 0 Å². The average molecular weight is 289 g/mol. The summed E-state index contributed by atoms with van der Waals surface area (Å²) in [6.07, 6.45) is 0. The van der Waals surface area contributed by atoms with Gasteiger partial charge >= 0.3 is 0 Å². The van der Waals surface area contributed by atoms with Crippen molar-refractivity contribution < 1.29 is 0 Å². The molecule has 1 heteroatoms. The normalized spacial score (nSPS) is 10.9. The maximum atomic E-state index is 3.59. The fourth-order valence-electron chi connectivity index (χ4n) is 1.86. The second kappa shape index (κ2) is 5.05. The Bertz CT molecular complexity index is 510. The summed E-state index contributed by atoms with van der Waals surface area (Å²) in [6, 6.07) is 15.3. The van der Waals surface area contributed by atoms with Crippen molar-refractivity contribution in [2.75, 3.05) is 0 Å². The van der Waals surface area contributed by atoms with Crippen LogP contribution in [0.2, 0.25) is 0 Å². The van der Waals surface area contributed by atoms with Crippen molar-refractivity contribution in [2.24, 2.45) is 0 Å². The van der Waals surface area contributed by atoms with Gasteiger partial charge in [0.1, 0.15) is 0 Å².